The van der Waals surface area contributed by atoms with Gasteiger partial charge in [0, 0.05) is 26.0 Å². The Morgan fingerprint density at radius 1 is 0.880 bits per heavy atom. The number of hydrogen-bond donors (Lipinski definition) is 0. The number of rotatable bonds is 6. The molecule has 2 aromatic carbocycles. The molecular weight excluding hydrogens is 308 g/mol. The van der Waals surface area contributed by atoms with E-state index in [-0.39, 0.29) is 11.8 Å². The van der Waals surface area contributed by atoms with Gasteiger partial charge in [-0.2, -0.15) is 0 Å². The third-order valence-corrected chi connectivity index (χ3v) is 4.37. The largest absolute Gasteiger partial charge is 0.345 e. The van der Waals surface area contributed by atoms with Crippen LogP contribution in [0.4, 0.5) is 0 Å². The summed E-state index contributed by atoms with van der Waals surface area (Å²) in [5.41, 5.74) is 3.23. The van der Waals surface area contributed by atoms with Gasteiger partial charge in [0.15, 0.2) is 0 Å². The summed E-state index contributed by atoms with van der Waals surface area (Å²) in [5.74, 6) is -0.156. The Labute approximate surface area is 149 Å². The van der Waals surface area contributed by atoms with Crippen LogP contribution in [0.3, 0.4) is 0 Å². The first-order valence-corrected chi connectivity index (χ1v) is 8.49. The molecule has 0 aliphatic heterocycles. The molecule has 1 heterocycles. The van der Waals surface area contributed by atoms with Crippen molar-refractivity contribution >= 4 is 5.91 Å². The fourth-order valence-corrected chi connectivity index (χ4v) is 2.95. The molecule has 3 nitrogen and oxygen atoms in total. The molecule has 0 radical (unpaired) electrons. The van der Waals surface area contributed by atoms with Gasteiger partial charge in [-0.1, -0.05) is 60.7 Å². The highest BCUT2D eigenvalue weighted by molar-refractivity contribution is 5.87. The van der Waals surface area contributed by atoms with Crippen molar-refractivity contribution in [2.45, 2.75) is 12.3 Å². The molecule has 0 aliphatic carbocycles. The van der Waals surface area contributed by atoms with E-state index in [1.54, 1.807) is 12.4 Å². The summed E-state index contributed by atoms with van der Waals surface area (Å²) < 4.78 is 0. The van der Waals surface area contributed by atoms with E-state index >= 15 is 0 Å². The molecule has 1 aromatic heterocycles. The first kappa shape index (κ1) is 16.9. The van der Waals surface area contributed by atoms with Crippen molar-refractivity contribution in [3.05, 3.63) is 102 Å². The van der Waals surface area contributed by atoms with Crippen LogP contribution in [0.2, 0.25) is 0 Å². The fourth-order valence-electron chi connectivity index (χ4n) is 2.95. The summed E-state index contributed by atoms with van der Waals surface area (Å²) in [6.45, 7) is 0.680. The summed E-state index contributed by atoms with van der Waals surface area (Å²) in [6, 6.07) is 23.9. The molecule has 0 unspecified atom stereocenters. The second-order valence-electron chi connectivity index (χ2n) is 6.12. The van der Waals surface area contributed by atoms with E-state index in [0.29, 0.717) is 6.54 Å². The van der Waals surface area contributed by atoms with E-state index in [9.17, 15) is 4.79 Å². The zero-order valence-electron chi connectivity index (χ0n) is 14.4. The van der Waals surface area contributed by atoms with E-state index < -0.39 is 0 Å². The maximum absolute atomic E-state index is 13.2. The normalized spacial score (nSPS) is 10.6. The number of nitrogens with zero attached hydrogens (tertiary/aromatic N) is 2. The monoisotopic (exact) mass is 330 g/mol. The number of aromatic nitrogens is 1. The Hall–Kier alpha value is -2.94. The standard InChI is InChI=1S/C22H22N2O/c1-24(17-14-18-12-15-23-16-13-18)22(25)21(19-8-4-2-5-9-19)20-10-6-3-7-11-20/h2-13,15-16,21H,14,17H2,1H3. The molecule has 0 fully saturated rings. The molecule has 0 saturated carbocycles. The minimum absolute atomic E-state index is 0.117. The third-order valence-electron chi connectivity index (χ3n) is 4.37. The van der Waals surface area contributed by atoms with E-state index in [0.717, 1.165) is 17.5 Å². The summed E-state index contributed by atoms with van der Waals surface area (Å²) in [7, 11) is 1.88. The van der Waals surface area contributed by atoms with Crippen LogP contribution in [0.5, 0.6) is 0 Å². The maximum Gasteiger partial charge on any atom is 0.234 e. The predicted molar refractivity (Wildman–Crippen MR) is 100 cm³/mol. The van der Waals surface area contributed by atoms with Gasteiger partial charge in [0.2, 0.25) is 5.91 Å². The lowest BCUT2D eigenvalue weighted by atomic mass is 9.90. The Morgan fingerprint density at radius 3 is 1.92 bits per heavy atom. The Kier molecular flexibility index (Phi) is 5.57. The van der Waals surface area contributed by atoms with Crippen molar-refractivity contribution in [3.63, 3.8) is 0 Å². The van der Waals surface area contributed by atoms with Crippen LogP contribution in [-0.4, -0.2) is 29.4 Å². The number of pyridine rings is 1. The van der Waals surface area contributed by atoms with Gasteiger partial charge >= 0.3 is 0 Å². The Bertz CT molecular complexity index is 749. The van der Waals surface area contributed by atoms with Crippen molar-refractivity contribution in [1.29, 1.82) is 0 Å². The van der Waals surface area contributed by atoms with Gasteiger partial charge in [-0.05, 0) is 35.2 Å². The zero-order valence-corrected chi connectivity index (χ0v) is 14.4. The molecule has 1 amide bonds. The van der Waals surface area contributed by atoms with Crippen molar-refractivity contribution in [3.8, 4) is 0 Å². The lowest BCUT2D eigenvalue weighted by Gasteiger charge is -2.24. The molecule has 0 spiro atoms. The highest BCUT2D eigenvalue weighted by atomic mass is 16.2. The lowest BCUT2D eigenvalue weighted by molar-refractivity contribution is -0.130. The molecule has 0 N–H and O–H groups in total. The molecule has 3 heteroatoms. The molecule has 0 bridgehead atoms. The Morgan fingerprint density at radius 2 is 1.40 bits per heavy atom. The van der Waals surface area contributed by atoms with Gasteiger partial charge in [-0.25, -0.2) is 0 Å². The molecule has 25 heavy (non-hydrogen) atoms. The molecule has 3 aromatic rings. The molecule has 0 atom stereocenters. The van der Waals surface area contributed by atoms with Crippen molar-refractivity contribution in [1.82, 2.24) is 9.88 Å². The zero-order chi connectivity index (χ0) is 17.5. The van der Waals surface area contributed by atoms with Crippen LogP contribution in [-0.2, 0) is 11.2 Å². The number of likely N-dealkylation sites (N-methyl/N-ethyl adjacent to an activating group) is 1. The minimum atomic E-state index is -0.273. The molecule has 3 rings (SSSR count). The number of hydrogen-bond acceptors (Lipinski definition) is 2. The van der Waals surface area contributed by atoms with Crippen molar-refractivity contribution in [2.75, 3.05) is 13.6 Å². The van der Waals surface area contributed by atoms with Gasteiger partial charge in [0.25, 0.3) is 0 Å². The van der Waals surface area contributed by atoms with Crippen LogP contribution in [0.1, 0.15) is 22.6 Å². The van der Waals surface area contributed by atoms with Gasteiger partial charge in [0.05, 0.1) is 5.92 Å². The van der Waals surface area contributed by atoms with E-state index in [1.165, 1.54) is 5.56 Å². The first-order valence-electron chi connectivity index (χ1n) is 8.49. The van der Waals surface area contributed by atoms with E-state index in [4.69, 9.17) is 0 Å². The molecule has 126 valence electrons. The first-order chi connectivity index (χ1) is 12.3. The summed E-state index contributed by atoms with van der Waals surface area (Å²) >= 11 is 0. The number of carbonyl (C=O) groups excluding carboxylic acids is 1. The minimum Gasteiger partial charge on any atom is -0.345 e. The third kappa shape index (κ3) is 4.32. The quantitative estimate of drug-likeness (QED) is 0.686. The van der Waals surface area contributed by atoms with E-state index in [1.807, 2.05) is 84.7 Å². The van der Waals surface area contributed by atoms with Gasteiger partial charge in [-0.15, -0.1) is 0 Å². The second-order valence-corrected chi connectivity index (χ2v) is 6.12. The summed E-state index contributed by atoms with van der Waals surface area (Å²) in [6.07, 6.45) is 4.39. The predicted octanol–water partition coefficient (Wildman–Crippen LogP) is 3.91. The van der Waals surface area contributed by atoms with Crippen LogP contribution >= 0.6 is 0 Å². The van der Waals surface area contributed by atoms with Gasteiger partial charge in [-0.3, -0.25) is 9.78 Å². The van der Waals surface area contributed by atoms with E-state index in [2.05, 4.69) is 4.98 Å². The van der Waals surface area contributed by atoms with Crippen LogP contribution in [0.25, 0.3) is 0 Å². The molecular formula is C22H22N2O. The van der Waals surface area contributed by atoms with Crippen molar-refractivity contribution < 1.29 is 4.79 Å². The lowest BCUT2D eigenvalue weighted by Crippen LogP contribution is -2.33. The van der Waals surface area contributed by atoms with Crippen LogP contribution in [0, 0.1) is 0 Å². The van der Waals surface area contributed by atoms with Crippen LogP contribution < -0.4 is 0 Å². The fraction of sp³-hybridized carbons (Fsp3) is 0.182. The molecule has 0 aliphatic rings. The smallest absolute Gasteiger partial charge is 0.234 e. The van der Waals surface area contributed by atoms with Gasteiger partial charge < -0.3 is 4.90 Å². The highest BCUT2D eigenvalue weighted by Gasteiger charge is 2.25. The highest BCUT2D eigenvalue weighted by Crippen LogP contribution is 2.26. The van der Waals surface area contributed by atoms with Crippen LogP contribution in [0.15, 0.2) is 85.2 Å². The number of benzene rings is 2. The van der Waals surface area contributed by atoms with Gasteiger partial charge in [0.1, 0.15) is 0 Å². The second kappa shape index (κ2) is 8.25. The maximum atomic E-state index is 13.2. The topological polar surface area (TPSA) is 33.2 Å². The average molecular weight is 330 g/mol. The number of amides is 1. The SMILES string of the molecule is CN(CCc1ccncc1)C(=O)C(c1ccccc1)c1ccccc1. The Balaban J connectivity index is 1.79. The molecule has 0 saturated heterocycles. The average Bonchev–Trinajstić information content (AvgIpc) is 2.69. The van der Waals surface area contributed by atoms with Crippen molar-refractivity contribution in [2.24, 2.45) is 0 Å². The number of carbonyl (C=O) groups is 1. The summed E-state index contributed by atoms with van der Waals surface area (Å²) in [5, 5.41) is 0. The summed E-state index contributed by atoms with van der Waals surface area (Å²) in [4.78, 5) is 19.0.